The van der Waals surface area contributed by atoms with E-state index in [1.165, 1.54) is 0 Å². The number of furan rings is 1. The van der Waals surface area contributed by atoms with E-state index in [-0.39, 0.29) is 0 Å². The molecule has 0 radical (unpaired) electrons. The molecular weight excluding hydrogens is 368 g/mol. The summed E-state index contributed by atoms with van der Waals surface area (Å²) < 4.78 is 13.4. The Morgan fingerprint density at radius 3 is 2.88 bits per heavy atom. The topological polar surface area (TPSA) is 68.3 Å². The summed E-state index contributed by atoms with van der Waals surface area (Å²) in [5.74, 6) is 2.78. The Hall–Kier alpha value is -2.97. The van der Waals surface area contributed by atoms with Gasteiger partial charge in [0.1, 0.15) is 23.9 Å². The molecule has 0 saturated carbocycles. The van der Waals surface area contributed by atoms with Gasteiger partial charge in [-0.1, -0.05) is 24.3 Å². The maximum atomic E-state index is 5.72. The van der Waals surface area contributed by atoms with E-state index in [9.17, 15) is 0 Å². The summed E-state index contributed by atoms with van der Waals surface area (Å²) in [6, 6.07) is 17.2. The molecule has 0 amide bonds. The lowest BCUT2D eigenvalue weighted by atomic mass is 10.3. The van der Waals surface area contributed by atoms with E-state index < -0.39 is 0 Å². The van der Waals surface area contributed by atoms with E-state index in [2.05, 4.69) is 15.3 Å². The largest absolute Gasteiger partial charge is 0.486 e. The number of thiophene rings is 1. The van der Waals surface area contributed by atoms with Crippen LogP contribution in [0.3, 0.4) is 0 Å². The van der Waals surface area contributed by atoms with Gasteiger partial charge >= 0.3 is 0 Å². The van der Waals surface area contributed by atoms with Crippen LogP contribution in [0, 0.1) is 4.77 Å². The van der Waals surface area contributed by atoms with E-state index in [1.807, 2.05) is 60.0 Å². The van der Waals surface area contributed by atoms with E-state index in [0.717, 1.165) is 10.6 Å². The molecule has 6 nitrogen and oxygen atoms in total. The molecule has 0 unspecified atom stereocenters. The van der Waals surface area contributed by atoms with Crippen LogP contribution in [0.2, 0.25) is 0 Å². The van der Waals surface area contributed by atoms with Crippen molar-refractivity contribution in [2.45, 2.75) is 6.61 Å². The first-order valence-corrected chi connectivity index (χ1v) is 9.10. The van der Waals surface area contributed by atoms with Crippen molar-refractivity contribution in [2.75, 3.05) is 0 Å². The third-order valence-electron chi connectivity index (χ3n) is 3.50. The number of para-hydroxylation sites is 1. The van der Waals surface area contributed by atoms with Crippen LogP contribution in [0.4, 0.5) is 0 Å². The van der Waals surface area contributed by atoms with Crippen LogP contribution < -0.4 is 4.74 Å². The van der Waals surface area contributed by atoms with Crippen molar-refractivity contribution in [1.82, 2.24) is 14.9 Å². The lowest BCUT2D eigenvalue weighted by Gasteiger charge is -2.02. The quantitative estimate of drug-likeness (QED) is 0.387. The molecule has 1 N–H and O–H groups in total. The summed E-state index contributed by atoms with van der Waals surface area (Å²) in [4.78, 5) is 0.978. The molecule has 3 heterocycles. The van der Waals surface area contributed by atoms with Crippen molar-refractivity contribution in [1.29, 1.82) is 0 Å². The summed E-state index contributed by atoms with van der Waals surface area (Å²) in [6.45, 7) is 0.351. The van der Waals surface area contributed by atoms with Crippen LogP contribution in [0.5, 0.6) is 5.75 Å². The molecular formula is C18H14N4O2S2. The molecule has 130 valence electrons. The fourth-order valence-corrected chi connectivity index (χ4v) is 3.17. The van der Waals surface area contributed by atoms with Crippen LogP contribution in [0.15, 0.2) is 69.5 Å². The van der Waals surface area contributed by atoms with Gasteiger partial charge in [-0.15, -0.1) is 11.3 Å². The van der Waals surface area contributed by atoms with Crippen molar-refractivity contribution in [2.24, 2.45) is 5.10 Å². The van der Waals surface area contributed by atoms with Gasteiger partial charge in [0, 0.05) is 0 Å². The molecule has 0 bridgehead atoms. The SMILES string of the molecule is S=c1[nH]nc(-c2cccs2)n1/N=C/c1ccc(COc2ccccc2)o1. The molecule has 4 rings (SSSR count). The fourth-order valence-electron chi connectivity index (χ4n) is 2.29. The van der Waals surface area contributed by atoms with Gasteiger partial charge in [0.05, 0.1) is 11.1 Å². The van der Waals surface area contributed by atoms with Gasteiger partial charge in [-0.2, -0.15) is 14.9 Å². The highest BCUT2D eigenvalue weighted by atomic mass is 32.1. The zero-order chi connectivity index (χ0) is 17.8. The maximum absolute atomic E-state index is 5.72. The number of aromatic nitrogens is 3. The number of nitrogens with zero attached hydrogens (tertiary/aromatic N) is 3. The lowest BCUT2D eigenvalue weighted by Crippen LogP contribution is -1.94. The number of ether oxygens (including phenoxy) is 1. The standard InChI is InChI=1S/C18H14N4O2S2/c25-18-21-20-17(16-7-4-10-26-16)22(18)19-11-14-8-9-15(24-14)12-23-13-5-2-1-3-6-13/h1-11H,12H2,(H,21,25)/b19-11+. The Kier molecular flexibility index (Phi) is 4.76. The first-order chi connectivity index (χ1) is 12.8. The molecule has 0 aliphatic heterocycles. The summed E-state index contributed by atoms with van der Waals surface area (Å²) in [5, 5.41) is 13.4. The lowest BCUT2D eigenvalue weighted by molar-refractivity contribution is 0.270. The smallest absolute Gasteiger partial charge is 0.216 e. The average molecular weight is 382 g/mol. The molecule has 1 aromatic carbocycles. The molecule has 0 atom stereocenters. The Balaban J connectivity index is 1.48. The molecule has 0 spiro atoms. The number of aromatic amines is 1. The maximum Gasteiger partial charge on any atom is 0.216 e. The average Bonchev–Trinajstić information content (AvgIpc) is 3.40. The highest BCUT2D eigenvalue weighted by molar-refractivity contribution is 7.71. The second-order valence-electron chi connectivity index (χ2n) is 5.29. The molecule has 4 aromatic rings. The highest BCUT2D eigenvalue weighted by Crippen LogP contribution is 2.22. The number of nitrogens with one attached hydrogen (secondary N) is 1. The van der Waals surface area contributed by atoms with Crippen molar-refractivity contribution in [3.63, 3.8) is 0 Å². The normalized spacial score (nSPS) is 11.2. The number of benzene rings is 1. The third kappa shape index (κ3) is 3.66. The zero-order valence-electron chi connectivity index (χ0n) is 13.5. The predicted molar refractivity (Wildman–Crippen MR) is 103 cm³/mol. The van der Waals surface area contributed by atoms with E-state index in [1.54, 1.807) is 22.2 Å². The molecule has 0 saturated heterocycles. The van der Waals surface area contributed by atoms with Crippen LogP contribution in [0.25, 0.3) is 10.7 Å². The van der Waals surface area contributed by atoms with Crippen molar-refractivity contribution in [3.05, 3.63) is 76.3 Å². The number of hydrogen-bond donors (Lipinski definition) is 1. The number of H-pyrrole nitrogens is 1. The van der Waals surface area contributed by atoms with Gasteiger partial charge in [0.15, 0.2) is 5.82 Å². The van der Waals surface area contributed by atoms with Crippen LogP contribution in [-0.2, 0) is 6.61 Å². The Morgan fingerprint density at radius 1 is 1.19 bits per heavy atom. The Labute approximate surface area is 158 Å². The van der Waals surface area contributed by atoms with Crippen LogP contribution >= 0.6 is 23.6 Å². The molecule has 0 aliphatic carbocycles. The minimum Gasteiger partial charge on any atom is -0.486 e. The fraction of sp³-hybridized carbons (Fsp3) is 0.0556. The van der Waals surface area contributed by atoms with Gasteiger partial charge < -0.3 is 9.15 Å². The minimum atomic E-state index is 0.351. The summed E-state index contributed by atoms with van der Waals surface area (Å²) in [6.07, 6.45) is 1.61. The molecule has 26 heavy (non-hydrogen) atoms. The first kappa shape index (κ1) is 16.5. The molecule has 0 aliphatic rings. The molecule has 3 aromatic heterocycles. The summed E-state index contributed by atoms with van der Waals surface area (Å²) >= 11 is 6.82. The predicted octanol–water partition coefficient (Wildman–Crippen LogP) is 4.72. The van der Waals surface area contributed by atoms with Crippen molar-refractivity contribution in [3.8, 4) is 16.5 Å². The van der Waals surface area contributed by atoms with E-state index in [0.29, 0.717) is 28.7 Å². The van der Waals surface area contributed by atoms with Gasteiger partial charge in [0.2, 0.25) is 4.77 Å². The van der Waals surface area contributed by atoms with E-state index >= 15 is 0 Å². The van der Waals surface area contributed by atoms with Crippen LogP contribution in [-0.4, -0.2) is 21.1 Å². The van der Waals surface area contributed by atoms with E-state index in [4.69, 9.17) is 21.4 Å². The monoisotopic (exact) mass is 382 g/mol. The van der Waals surface area contributed by atoms with Gasteiger partial charge in [0.25, 0.3) is 0 Å². The number of rotatable bonds is 6. The molecule has 0 fully saturated rings. The minimum absolute atomic E-state index is 0.351. The van der Waals surface area contributed by atoms with Gasteiger partial charge in [-0.05, 0) is 47.9 Å². The van der Waals surface area contributed by atoms with Gasteiger partial charge in [-0.25, -0.2) is 5.10 Å². The van der Waals surface area contributed by atoms with Crippen molar-refractivity contribution < 1.29 is 9.15 Å². The summed E-state index contributed by atoms with van der Waals surface area (Å²) in [7, 11) is 0. The third-order valence-corrected chi connectivity index (χ3v) is 4.63. The summed E-state index contributed by atoms with van der Waals surface area (Å²) in [5.41, 5.74) is 0. The highest BCUT2D eigenvalue weighted by Gasteiger charge is 2.09. The molecule has 8 heteroatoms. The first-order valence-electron chi connectivity index (χ1n) is 7.82. The Bertz CT molecular complexity index is 1060. The Morgan fingerprint density at radius 2 is 2.08 bits per heavy atom. The van der Waals surface area contributed by atoms with Crippen molar-refractivity contribution >= 4 is 29.8 Å². The van der Waals surface area contributed by atoms with Crippen LogP contribution in [0.1, 0.15) is 11.5 Å². The second kappa shape index (κ2) is 7.51. The zero-order valence-corrected chi connectivity index (χ0v) is 15.2. The van der Waals surface area contributed by atoms with Gasteiger partial charge in [-0.3, -0.25) is 0 Å². The second-order valence-corrected chi connectivity index (χ2v) is 6.63. The number of hydrogen-bond acceptors (Lipinski definition) is 6.